The number of aliphatic hydroxyl groups is 2. The normalized spacial score (nSPS) is 12.8. The van der Waals surface area contributed by atoms with Crippen molar-refractivity contribution in [2.45, 2.75) is 347 Å². The molecule has 2 unspecified atom stereocenters. The minimum Gasteiger partial charge on any atom is -0.394 e. The van der Waals surface area contributed by atoms with Crippen LogP contribution in [-0.4, -0.2) is 34.9 Å². The second-order valence-electron chi connectivity index (χ2n) is 20.1. The van der Waals surface area contributed by atoms with Gasteiger partial charge in [-0.2, -0.15) is 0 Å². The van der Waals surface area contributed by atoms with E-state index in [4.69, 9.17) is 0 Å². The zero-order valence-corrected chi connectivity index (χ0v) is 42.7. The van der Waals surface area contributed by atoms with Crippen LogP contribution in [-0.2, 0) is 4.79 Å². The van der Waals surface area contributed by atoms with Crippen molar-refractivity contribution < 1.29 is 15.0 Å². The third-order valence-corrected chi connectivity index (χ3v) is 13.8. The van der Waals surface area contributed by atoms with Crippen LogP contribution in [0.1, 0.15) is 335 Å². The van der Waals surface area contributed by atoms with Crippen molar-refractivity contribution in [3.63, 3.8) is 0 Å². The Bertz CT molecular complexity index is 860. The number of aliphatic hydroxyl groups excluding tert-OH is 2. The van der Waals surface area contributed by atoms with Gasteiger partial charge >= 0.3 is 0 Å². The lowest BCUT2D eigenvalue weighted by Gasteiger charge is -2.22. The Morgan fingerprint density at radius 2 is 0.613 bits per heavy atom. The number of amides is 1. The molecule has 62 heavy (non-hydrogen) atoms. The molecular formula is C58H115NO3. The zero-order valence-electron chi connectivity index (χ0n) is 42.7. The maximum atomic E-state index is 12.5. The zero-order chi connectivity index (χ0) is 44.9. The molecule has 3 N–H and O–H groups in total. The van der Waals surface area contributed by atoms with E-state index in [1.165, 1.54) is 283 Å². The summed E-state index contributed by atoms with van der Waals surface area (Å²) in [7, 11) is 0. The fourth-order valence-electron chi connectivity index (χ4n) is 9.36. The minimum atomic E-state index is -0.658. The van der Waals surface area contributed by atoms with Gasteiger partial charge in [0.05, 0.1) is 18.8 Å². The summed E-state index contributed by atoms with van der Waals surface area (Å²) in [4.78, 5) is 12.5. The van der Waals surface area contributed by atoms with Crippen molar-refractivity contribution >= 4 is 5.91 Å². The number of hydrogen-bond donors (Lipinski definition) is 3. The Labute approximate surface area is 390 Å². The monoisotopic (exact) mass is 874 g/mol. The first-order valence-electron chi connectivity index (χ1n) is 28.9. The Hall–Kier alpha value is -0.870. The van der Waals surface area contributed by atoms with E-state index in [2.05, 4.69) is 31.3 Å². The lowest BCUT2D eigenvalue weighted by atomic mass is 10.0. The largest absolute Gasteiger partial charge is 0.394 e. The van der Waals surface area contributed by atoms with Crippen LogP contribution >= 0.6 is 0 Å². The first kappa shape index (κ1) is 61.1. The quantitative estimate of drug-likeness (QED) is 0.0421. The van der Waals surface area contributed by atoms with Crippen LogP contribution in [0.4, 0.5) is 0 Å². The highest BCUT2D eigenvalue weighted by molar-refractivity contribution is 5.76. The summed E-state index contributed by atoms with van der Waals surface area (Å²) < 4.78 is 0. The summed E-state index contributed by atoms with van der Waals surface area (Å²) in [5.74, 6) is -0.0254. The number of nitrogens with one attached hydrogen (secondary N) is 1. The second-order valence-corrected chi connectivity index (χ2v) is 20.1. The van der Waals surface area contributed by atoms with Crippen molar-refractivity contribution in [1.29, 1.82) is 0 Å². The molecule has 0 fully saturated rings. The minimum absolute atomic E-state index is 0.0254. The molecule has 0 spiro atoms. The summed E-state index contributed by atoms with van der Waals surface area (Å²) in [5, 5.41) is 23.4. The average molecular weight is 875 g/mol. The van der Waals surface area contributed by atoms with E-state index < -0.39 is 12.1 Å². The van der Waals surface area contributed by atoms with Crippen molar-refractivity contribution in [1.82, 2.24) is 5.32 Å². The lowest BCUT2D eigenvalue weighted by molar-refractivity contribution is -0.123. The van der Waals surface area contributed by atoms with Gasteiger partial charge in [-0.15, -0.1) is 0 Å². The highest BCUT2D eigenvalue weighted by atomic mass is 16.3. The van der Waals surface area contributed by atoms with Gasteiger partial charge in [0, 0.05) is 6.42 Å². The Kier molecular flexibility index (Phi) is 53.7. The van der Waals surface area contributed by atoms with E-state index in [0.29, 0.717) is 12.8 Å². The maximum Gasteiger partial charge on any atom is 0.220 e. The van der Waals surface area contributed by atoms with Gasteiger partial charge in [-0.05, 0) is 38.5 Å². The molecule has 4 heteroatoms. The maximum absolute atomic E-state index is 12.5. The molecule has 0 heterocycles. The first-order chi connectivity index (χ1) is 30.7. The Morgan fingerprint density at radius 3 is 0.887 bits per heavy atom. The summed E-state index contributed by atoms with van der Waals surface area (Å²) in [5.41, 5.74) is 0. The predicted octanol–water partition coefficient (Wildman–Crippen LogP) is 18.9. The number of rotatable bonds is 54. The van der Waals surface area contributed by atoms with Gasteiger partial charge in [-0.3, -0.25) is 4.79 Å². The lowest BCUT2D eigenvalue weighted by Crippen LogP contribution is -2.45. The number of carbonyl (C=O) groups excluding carboxylic acids is 1. The molecule has 0 radical (unpaired) electrons. The summed E-state index contributed by atoms with van der Waals surface area (Å²) in [6.07, 6.45) is 70.6. The fraction of sp³-hybridized carbons (Fsp3) is 0.948. The van der Waals surface area contributed by atoms with E-state index in [1.54, 1.807) is 0 Å². The molecule has 0 aliphatic heterocycles. The highest BCUT2D eigenvalue weighted by Gasteiger charge is 2.20. The molecule has 0 aromatic carbocycles. The van der Waals surface area contributed by atoms with E-state index in [-0.39, 0.29) is 12.5 Å². The molecule has 0 aromatic heterocycles. The molecule has 4 nitrogen and oxygen atoms in total. The topological polar surface area (TPSA) is 69.6 Å². The molecule has 0 saturated heterocycles. The fourth-order valence-corrected chi connectivity index (χ4v) is 9.36. The van der Waals surface area contributed by atoms with Gasteiger partial charge in [0.1, 0.15) is 0 Å². The molecule has 0 rings (SSSR count). The van der Waals surface area contributed by atoms with Crippen LogP contribution in [0.15, 0.2) is 12.2 Å². The summed E-state index contributed by atoms with van der Waals surface area (Å²) in [6, 6.07) is -0.535. The highest BCUT2D eigenvalue weighted by Crippen LogP contribution is 2.18. The number of allylic oxidation sites excluding steroid dienone is 2. The van der Waals surface area contributed by atoms with Crippen molar-refractivity contribution in [2.24, 2.45) is 0 Å². The summed E-state index contributed by atoms with van der Waals surface area (Å²) >= 11 is 0. The van der Waals surface area contributed by atoms with Crippen molar-refractivity contribution in [2.75, 3.05) is 6.61 Å². The second kappa shape index (κ2) is 54.5. The van der Waals surface area contributed by atoms with Gasteiger partial charge in [0.2, 0.25) is 5.91 Å². The van der Waals surface area contributed by atoms with Crippen LogP contribution in [0, 0.1) is 0 Å². The standard InChI is InChI=1S/C58H115NO3/c1-3-5-7-9-11-13-15-17-19-21-23-25-27-28-29-30-32-34-36-38-40-42-44-46-48-50-52-54-58(62)59-56(55-60)57(61)53-51-49-47-45-43-41-39-37-35-33-31-26-24-22-20-18-16-14-12-10-8-6-4-2/h28-29,56-57,60-61H,3-27,30-55H2,1-2H3,(H,59,62)/b29-28-. The summed E-state index contributed by atoms with van der Waals surface area (Å²) in [6.45, 7) is 4.40. The van der Waals surface area contributed by atoms with Gasteiger partial charge in [-0.25, -0.2) is 0 Å². The SMILES string of the molecule is CCCCCCCCCCCCCC/C=C\CCCCCCCCCCCCCC(=O)NC(CO)C(O)CCCCCCCCCCCCCCCCCCCCCCCCC. The first-order valence-corrected chi connectivity index (χ1v) is 28.9. The molecule has 0 saturated carbocycles. The van der Waals surface area contributed by atoms with E-state index in [1.807, 2.05) is 0 Å². The number of unbranched alkanes of at least 4 members (excludes halogenated alkanes) is 45. The molecule has 370 valence electrons. The molecule has 2 atom stereocenters. The van der Waals surface area contributed by atoms with Gasteiger partial charge in [0.25, 0.3) is 0 Å². The van der Waals surface area contributed by atoms with Crippen LogP contribution in [0.25, 0.3) is 0 Å². The molecule has 0 aliphatic rings. The molecule has 0 aromatic rings. The van der Waals surface area contributed by atoms with E-state index in [9.17, 15) is 15.0 Å². The van der Waals surface area contributed by atoms with Gasteiger partial charge < -0.3 is 15.5 Å². The molecular weight excluding hydrogens is 759 g/mol. The molecule has 1 amide bonds. The predicted molar refractivity (Wildman–Crippen MR) is 276 cm³/mol. The molecule has 0 aliphatic carbocycles. The number of carbonyl (C=O) groups is 1. The van der Waals surface area contributed by atoms with E-state index >= 15 is 0 Å². The third-order valence-electron chi connectivity index (χ3n) is 13.8. The van der Waals surface area contributed by atoms with Crippen LogP contribution in [0.2, 0.25) is 0 Å². The number of hydrogen-bond acceptors (Lipinski definition) is 3. The van der Waals surface area contributed by atoms with Gasteiger partial charge in [-0.1, -0.05) is 302 Å². The average Bonchev–Trinajstić information content (AvgIpc) is 3.28. The van der Waals surface area contributed by atoms with Crippen molar-refractivity contribution in [3.05, 3.63) is 12.2 Å². The third kappa shape index (κ3) is 50.1. The van der Waals surface area contributed by atoms with Crippen LogP contribution in [0.5, 0.6) is 0 Å². The Balaban J connectivity index is 3.42. The molecule has 0 bridgehead atoms. The van der Waals surface area contributed by atoms with Crippen LogP contribution < -0.4 is 5.32 Å². The van der Waals surface area contributed by atoms with Gasteiger partial charge in [0.15, 0.2) is 0 Å². The van der Waals surface area contributed by atoms with E-state index in [0.717, 1.165) is 25.7 Å². The van der Waals surface area contributed by atoms with Crippen LogP contribution in [0.3, 0.4) is 0 Å². The Morgan fingerprint density at radius 1 is 0.371 bits per heavy atom. The van der Waals surface area contributed by atoms with Crippen molar-refractivity contribution in [3.8, 4) is 0 Å². The smallest absolute Gasteiger partial charge is 0.220 e.